The van der Waals surface area contributed by atoms with Crippen molar-refractivity contribution in [1.82, 2.24) is 9.97 Å². The lowest BCUT2D eigenvalue weighted by Crippen LogP contribution is -2.06. The lowest BCUT2D eigenvalue weighted by molar-refractivity contribution is 0.300. The minimum absolute atomic E-state index is 0.612. The normalized spacial score (nSPS) is 10.0. The fourth-order valence-corrected chi connectivity index (χ4v) is 1.14. The highest BCUT2D eigenvalue weighted by atomic mass is 32.2. The summed E-state index contributed by atoms with van der Waals surface area (Å²) in [7, 11) is 0. The number of thioether (sulfide) groups is 1. The number of nitrogens with two attached hydrogens (primary N) is 1. The molecule has 5 heteroatoms. The Kier molecular flexibility index (Phi) is 4.56. The van der Waals surface area contributed by atoms with Crippen molar-refractivity contribution >= 4 is 11.8 Å². The first-order valence-electron chi connectivity index (χ1n) is 4.05. The maximum absolute atomic E-state index is 5.34. The van der Waals surface area contributed by atoms with E-state index in [0.29, 0.717) is 19.0 Å². The molecule has 0 aliphatic heterocycles. The molecule has 13 heavy (non-hydrogen) atoms. The molecular weight excluding hydrogens is 186 g/mol. The van der Waals surface area contributed by atoms with E-state index in [0.717, 1.165) is 11.4 Å². The van der Waals surface area contributed by atoms with Crippen LogP contribution in [0.2, 0.25) is 0 Å². The first kappa shape index (κ1) is 10.3. The number of ether oxygens (including phenoxy) is 1. The Morgan fingerprint density at radius 1 is 1.54 bits per heavy atom. The molecule has 2 N–H and O–H groups in total. The summed E-state index contributed by atoms with van der Waals surface area (Å²) in [5.41, 5.74) is 5.33. The molecule has 0 radical (unpaired) electrons. The van der Waals surface area contributed by atoms with Gasteiger partial charge in [-0.2, -0.15) is 0 Å². The van der Waals surface area contributed by atoms with Crippen molar-refractivity contribution in [1.29, 1.82) is 0 Å². The average molecular weight is 199 g/mol. The van der Waals surface area contributed by atoms with Crippen LogP contribution < -0.4 is 10.5 Å². The number of nitrogens with zero attached hydrogens (tertiary/aromatic N) is 2. The van der Waals surface area contributed by atoms with Crippen LogP contribution in [0, 0.1) is 0 Å². The van der Waals surface area contributed by atoms with Gasteiger partial charge in [-0.25, -0.2) is 9.97 Å². The zero-order valence-corrected chi connectivity index (χ0v) is 8.38. The van der Waals surface area contributed by atoms with Gasteiger partial charge in [0, 0.05) is 6.07 Å². The van der Waals surface area contributed by atoms with Gasteiger partial charge < -0.3 is 10.5 Å². The molecule has 0 saturated heterocycles. The van der Waals surface area contributed by atoms with Crippen LogP contribution in [0.25, 0.3) is 0 Å². The molecule has 1 rings (SSSR count). The second-order valence-electron chi connectivity index (χ2n) is 2.39. The highest BCUT2D eigenvalue weighted by Crippen LogP contribution is 2.15. The largest absolute Gasteiger partial charge is 0.478 e. The standard InChI is InChI=1S/C8H13N3OS/c1-13-8-5-7(10-6-11-8)12-4-2-3-9/h5-6H,2-4,9H2,1H3. The Morgan fingerprint density at radius 3 is 3.08 bits per heavy atom. The van der Waals surface area contributed by atoms with Gasteiger partial charge in [0.25, 0.3) is 0 Å². The Labute approximate surface area is 81.9 Å². The van der Waals surface area contributed by atoms with Gasteiger partial charge in [-0.05, 0) is 19.2 Å². The summed E-state index contributed by atoms with van der Waals surface area (Å²) in [6.45, 7) is 1.25. The van der Waals surface area contributed by atoms with Crippen molar-refractivity contribution in [3.63, 3.8) is 0 Å². The van der Waals surface area contributed by atoms with Gasteiger partial charge in [0.15, 0.2) is 0 Å². The average Bonchev–Trinajstić information content (AvgIpc) is 2.19. The number of rotatable bonds is 5. The summed E-state index contributed by atoms with van der Waals surface area (Å²) < 4.78 is 5.34. The van der Waals surface area contributed by atoms with Gasteiger partial charge in [-0.3, -0.25) is 0 Å². The summed E-state index contributed by atoms with van der Waals surface area (Å²) in [5.74, 6) is 0.618. The van der Waals surface area contributed by atoms with E-state index in [-0.39, 0.29) is 0 Å². The van der Waals surface area contributed by atoms with E-state index in [1.807, 2.05) is 12.3 Å². The van der Waals surface area contributed by atoms with Crippen LogP contribution in [0.3, 0.4) is 0 Å². The Bertz CT molecular complexity index is 257. The van der Waals surface area contributed by atoms with Gasteiger partial charge in [0.1, 0.15) is 11.4 Å². The Balaban J connectivity index is 2.46. The minimum Gasteiger partial charge on any atom is -0.478 e. The molecule has 0 aliphatic rings. The summed E-state index contributed by atoms with van der Waals surface area (Å²) in [5, 5.41) is 0.915. The predicted molar refractivity (Wildman–Crippen MR) is 53.0 cm³/mol. The van der Waals surface area contributed by atoms with Gasteiger partial charge in [-0.1, -0.05) is 0 Å². The summed E-state index contributed by atoms with van der Waals surface area (Å²) in [6.07, 6.45) is 4.31. The first-order valence-corrected chi connectivity index (χ1v) is 5.28. The van der Waals surface area contributed by atoms with Gasteiger partial charge >= 0.3 is 0 Å². The van der Waals surface area contributed by atoms with Gasteiger partial charge in [0.2, 0.25) is 5.88 Å². The summed E-state index contributed by atoms with van der Waals surface area (Å²) in [4.78, 5) is 8.00. The van der Waals surface area contributed by atoms with Crippen molar-refractivity contribution in [3.8, 4) is 5.88 Å². The highest BCUT2D eigenvalue weighted by Gasteiger charge is 1.97. The van der Waals surface area contributed by atoms with E-state index in [1.165, 1.54) is 6.33 Å². The van der Waals surface area contributed by atoms with Crippen LogP contribution in [0.4, 0.5) is 0 Å². The molecule has 0 unspecified atom stereocenters. The molecule has 0 saturated carbocycles. The summed E-state index contributed by atoms with van der Waals surface area (Å²) in [6, 6.07) is 1.82. The SMILES string of the molecule is CSc1cc(OCCCN)ncn1. The molecule has 0 aliphatic carbocycles. The lowest BCUT2D eigenvalue weighted by Gasteiger charge is -2.03. The maximum Gasteiger partial charge on any atom is 0.217 e. The molecule has 0 fully saturated rings. The van der Waals surface area contributed by atoms with Crippen LogP contribution in [0.1, 0.15) is 6.42 Å². The van der Waals surface area contributed by atoms with Crippen LogP contribution in [-0.2, 0) is 0 Å². The second kappa shape index (κ2) is 5.77. The van der Waals surface area contributed by atoms with Crippen LogP contribution in [0.15, 0.2) is 17.4 Å². The van der Waals surface area contributed by atoms with Crippen molar-refractivity contribution in [2.45, 2.75) is 11.4 Å². The summed E-state index contributed by atoms with van der Waals surface area (Å²) >= 11 is 1.57. The topological polar surface area (TPSA) is 61.0 Å². The predicted octanol–water partition coefficient (Wildman–Crippen LogP) is 0.926. The zero-order valence-electron chi connectivity index (χ0n) is 7.56. The van der Waals surface area contributed by atoms with Crippen LogP contribution in [0.5, 0.6) is 5.88 Å². The van der Waals surface area contributed by atoms with E-state index in [4.69, 9.17) is 10.5 Å². The van der Waals surface area contributed by atoms with E-state index in [2.05, 4.69) is 9.97 Å². The molecule has 1 aromatic rings. The molecule has 0 atom stereocenters. The minimum atomic E-state index is 0.612. The highest BCUT2D eigenvalue weighted by molar-refractivity contribution is 7.98. The van der Waals surface area contributed by atoms with E-state index in [1.54, 1.807) is 11.8 Å². The van der Waals surface area contributed by atoms with E-state index in [9.17, 15) is 0 Å². The number of hydrogen-bond donors (Lipinski definition) is 1. The third-order valence-electron chi connectivity index (χ3n) is 1.42. The third kappa shape index (κ3) is 3.61. The van der Waals surface area contributed by atoms with Crippen molar-refractivity contribution in [2.75, 3.05) is 19.4 Å². The zero-order chi connectivity index (χ0) is 9.52. The molecule has 1 heterocycles. The van der Waals surface area contributed by atoms with Crippen LogP contribution in [-0.4, -0.2) is 29.4 Å². The molecule has 0 bridgehead atoms. The van der Waals surface area contributed by atoms with Crippen molar-refractivity contribution in [2.24, 2.45) is 5.73 Å². The molecule has 0 amide bonds. The number of hydrogen-bond acceptors (Lipinski definition) is 5. The molecule has 0 spiro atoms. The molecule has 0 aromatic carbocycles. The first-order chi connectivity index (χ1) is 6.36. The van der Waals surface area contributed by atoms with E-state index >= 15 is 0 Å². The molecule has 72 valence electrons. The smallest absolute Gasteiger partial charge is 0.217 e. The van der Waals surface area contributed by atoms with Gasteiger partial charge in [-0.15, -0.1) is 11.8 Å². The molecular formula is C8H13N3OS. The van der Waals surface area contributed by atoms with Crippen molar-refractivity contribution in [3.05, 3.63) is 12.4 Å². The maximum atomic E-state index is 5.34. The van der Waals surface area contributed by atoms with E-state index < -0.39 is 0 Å². The monoisotopic (exact) mass is 199 g/mol. The number of aromatic nitrogens is 2. The molecule has 4 nitrogen and oxygen atoms in total. The van der Waals surface area contributed by atoms with Gasteiger partial charge in [0.05, 0.1) is 6.61 Å². The Morgan fingerprint density at radius 2 is 2.38 bits per heavy atom. The van der Waals surface area contributed by atoms with Crippen LogP contribution >= 0.6 is 11.8 Å². The quantitative estimate of drug-likeness (QED) is 0.434. The fraction of sp³-hybridized carbons (Fsp3) is 0.500. The third-order valence-corrected chi connectivity index (χ3v) is 2.07. The Hall–Kier alpha value is -0.810. The van der Waals surface area contributed by atoms with Crippen molar-refractivity contribution < 1.29 is 4.74 Å². The fourth-order valence-electron chi connectivity index (χ4n) is 0.773. The lowest BCUT2D eigenvalue weighted by atomic mass is 10.5. The second-order valence-corrected chi connectivity index (χ2v) is 3.22. The molecule has 1 aromatic heterocycles.